The van der Waals surface area contributed by atoms with Crippen molar-refractivity contribution in [3.63, 3.8) is 0 Å². The molecule has 0 amide bonds. The first-order chi connectivity index (χ1) is 9.13. The van der Waals surface area contributed by atoms with E-state index in [2.05, 4.69) is 21.2 Å². The summed E-state index contributed by atoms with van der Waals surface area (Å²) in [5.74, 6) is -0.974. The first-order valence-corrected chi connectivity index (χ1v) is 7.58. The predicted molar refractivity (Wildman–Crippen MR) is 75.5 cm³/mol. The molecule has 1 atom stereocenters. The van der Waals surface area contributed by atoms with Crippen LogP contribution in [0.5, 0.6) is 0 Å². The van der Waals surface area contributed by atoms with E-state index in [0.717, 1.165) is 19.4 Å². The molecule has 0 radical (unpaired) electrons. The summed E-state index contributed by atoms with van der Waals surface area (Å²) >= 11 is 3.11. The molecule has 1 aliphatic carbocycles. The number of hydrogen-bond acceptors (Lipinski definition) is 2. The largest absolute Gasteiger partial charge is 0.365 e. The molecule has 1 aliphatic heterocycles. The molecular formula is C14H17BrF2N2. The van der Waals surface area contributed by atoms with Gasteiger partial charge >= 0.3 is 0 Å². The van der Waals surface area contributed by atoms with Crippen LogP contribution in [0.4, 0.5) is 14.5 Å². The van der Waals surface area contributed by atoms with Gasteiger partial charge in [-0.25, -0.2) is 8.78 Å². The molecule has 1 N–H and O–H groups in total. The van der Waals surface area contributed by atoms with Crippen molar-refractivity contribution in [2.24, 2.45) is 0 Å². The van der Waals surface area contributed by atoms with Gasteiger partial charge in [0.1, 0.15) is 5.69 Å². The highest BCUT2D eigenvalue weighted by Crippen LogP contribution is 2.30. The molecule has 104 valence electrons. The van der Waals surface area contributed by atoms with Crippen LogP contribution in [0.25, 0.3) is 0 Å². The van der Waals surface area contributed by atoms with Crippen LogP contribution in [0.1, 0.15) is 25.7 Å². The minimum absolute atomic E-state index is 0.116. The highest BCUT2D eigenvalue weighted by atomic mass is 79.9. The summed E-state index contributed by atoms with van der Waals surface area (Å²) in [6, 6.07) is 3.64. The fourth-order valence-corrected chi connectivity index (χ4v) is 3.14. The summed E-state index contributed by atoms with van der Waals surface area (Å²) < 4.78 is 28.4. The Labute approximate surface area is 120 Å². The zero-order valence-electron chi connectivity index (χ0n) is 10.6. The van der Waals surface area contributed by atoms with E-state index in [4.69, 9.17) is 0 Å². The summed E-state index contributed by atoms with van der Waals surface area (Å²) in [4.78, 5) is 1.83. The Hall–Kier alpha value is -0.680. The van der Waals surface area contributed by atoms with Gasteiger partial charge in [0.15, 0.2) is 11.6 Å². The van der Waals surface area contributed by atoms with Crippen molar-refractivity contribution in [2.75, 3.05) is 18.0 Å². The maximum absolute atomic E-state index is 14.0. The van der Waals surface area contributed by atoms with E-state index in [1.54, 1.807) is 0 Å². The Kier molecular flexibility index (Phi) is 3.76. The molecule has 1 saturated carbocycles. The number of piperidine rings is 1. The topological polar surface area (TPSA) is 15.3 Å². The van der Waals surface area contributed by atoms with Gasteiger partial charge in [-0.1, -0.05) is 15.9 Å². The third-order valence-corrected chi connectivity index (χ3v) is 4.23. The Morgan fingerprint density at radius 2 is 1.79 bits per heavy atom. The number of halogens is 3. The molecule has 0 aromatic heterocycles. The van der Waals surface area contributed by atoms with Crippen LogP contribution in [-0.2, 0) is 0 Å². The minimum Gasteiger partial charge on any atom is -0.365 e. The molecule has 1 unspecified atom stereocenters. The Bertz CT molecular complexity index is 454. The average molecular weight is 331 g/mol. The van der Waals surface area contributed by atoms with Gasteiger partial charge in [0.05, 0.1) is 0 Å². The van der Waals surface area contributed by atoms with Crippen LogP contribution in [0.15, 0.2) is 16.6 Å². The molecule has 1 saturated heterocycles. The number of nitrogens with one attached hydrogen (secondary N) is 1. The van der Waals surface area contributed by atoms with Gasteiger partial charge in [0, 0.05) is 29.6 Å². The SMILES string of the molecule is Fc1cc(Br)cc(F)c1N1CCCC(NC2CC2)C1. The number of benzene rings is 1. The van der Waals surface area contributed by atoms with Crippen LogP contribution < -0.4 is 10.2 Å². The van der Waals surface area contributed by atoms with E-state index >= 15 is 0 Å². The van der Waals surface area contributed by atoms with Crippen LogP contribution in [-0.4, -0.2) is 25.2 Å². The van der Waals surface area contributed by atoms with Gasteiger partial charge in [-0.05, 0) is 37.8 Å². The first kappa shape index (κ1) is 13.3. The van der Waals surface area contributed by atoms with Crippen molar-refractivity contribution >= 4 is 21.6 Å². The lowest BCUT2D eigenvalue weighted by atomic mass is 10.0. The minimum atomic E-state index is -0.487. The summed E-state index contributed by atoms with van der Waals surface area (Å²) in [5.41, 5.74) is 0.116. The smallest absolute Gasteiger partial charge is 0.150 e. The average Bonchev–Trinajstić information content (AvgIpc) is 3.12. The van der Waals surface area contributed by atoms with Crippen molar-refractivity contribution in [2.45, 2.75) is 37.8 Å². The zero-order valence-corrected chi connectivity index (χ0v) is 12.2. The predicted octanol–water partition coefficient (Wildman–Crippen LogP) is 3.45. The Balaban J connectivity index is 1.77. The van der Waals surface area contributed by atoms with Crippen molar-refractivity contribution in [1.82, 2.24) is 5.32 Å². The van der Waals surface area contributed by atoms with Crippen molar-refractivity contribution in [1.29, 1.82) is 0 Å². The van der Waals surface area contributed by atoms with Gasteiger partial charge in [-0.2, -0.15) is 0 Å². The van der Waals surface area contributed by atoms with Crippen LogP contribution in [0.2, 0.25) is 0 Å². The van der Waals surface area contributed by atoms with Crippen LogP contribution in [0.3, 0.4) is 0 Å². The molecule has 5 heteroatoms. The van der Waals surface area contributed by atoms with Crippen molar-refractivity contribution in [3.05, 3.63) is 28.2 Å². The Morgan fingerprint density at radius 1 is 1.11 bits per heavy atom. The lowest BCUT2D eigenvalue weighted by molar-refractivity contribution is 0.413. The lowest BCUT2D eigenvalue weighted by Crippen LogP contribution is -2.47. The highest BCUT2D eigenvalue weighted by molar-refractivity contribution is 9.10. The summed E-state index contributed by atoms with van der Waals surface area (Å²) in [7, 11) is 0. The van der Waals surface area contributed by atoms with Crippen molar-refractivity contribution in [3.8, 4) is 0 Å². The van der Waals surface area contributed by atoms with Gasteiger partial charge < -0.3 is 10.2 Å². The zero-order chi connectivity index (χ0) is 13.4. The highest BCUT2D eigenvalue weighted by Gasteiger charge is 2.29. The third-order valence-electron chi connectivity index (χ3n) is 3.77. The standard InChI is InChI=1S/C14H17BrF2N2/c15-9-6-12(16)14(13(17)7-9)19-5-1-2-11(8-19)18-10-3-4-10/h6-7,10-11,18H,1-5,8H2. The van der Waals surface area contributed by atoms with E-state index in [1.807, 2.05) is 4.90 Å². The number of rotatable bonds is 3. The molecular weight excluding hydrogens is 314 g/mol. The second-order valence-electron chi connectivity index (χ2n) is 5.44. The van der Waals surface area contributed by atoms with E-state index < -0.39 is 11.6 Å². The number of hydrogen-bond donors (Lipinski definition) is 1. The van der Waals surface area contributed by atoms with E-state index in [9.17, 15) is 8.78 Å². The number of nitrogens with zero attached hydrogens (tertiary/aromatic N) is 1. The molecule has 19 heavy (non-hydrogen) atoms. The van der Waals surface area contributed by atoms with E-state index in [-0.39, 0.29) is 5.69 Å². The second kappa shape index (κ2) is 5.37. The molecule has 1 aromatic carbocycles. The van der Waals surface area contributed by atoms with Crippen molar-refractivity contribution < 1.29 is 8.78 Å². The van der Waals surface area contributed by atoms with Gasteiger partial charge in [0.25, 0.3) is 0 Å². The first-order valence-electron chi connectivity index (χ1n) is 6.79. The molecule has 2 aliphatic rings. The summed E-state index contributed by atoms with van der Waals surface area (Å²) in [6.07, 6.45) is 4.53. The maximum atomic E-state index is 14.0. The maximum Gasteiger partial charge on any atom is 0.150 e. The van der Waals surface area contributed by atoms with Crippen LogP contribution in [0, 0.1) is 11.6 Å². The quantitative estimate of drug-likeness (QED) is 0.913. The molecule has 3 rings (SSSR count). The molecule has 1 heterocycles. The fraction of sp³-hybridized carbons (Fsp3) is 0.571. The van der Waals surface area contributed by atoms with E-state index in [1.165, 1.54) is 25.0 Å². The summed E-state index contributed by atoms with van der Waals surface area (Å²) in [6.45, 7) is 1.41. The van der Waals surface area contributed by atoms with Gasteiger partial charge in [-0.15, -0.1) is 0 Å². The second-order valence-corrected chi connectivity index (χ2v) is 6.36. The van der Waals surface area contributed by atoms with Gasteiger partial charge in [-0.3, -0.25) is 0 Å². The van der Waals surface area contributed by atoms with Crippen LogP contribution >= 0.6 is 15.9 Å². The Morgan fingerprint density at radius 3 is 2.42 bits per heavy atom. The number of anilines is 1. The van der Waals surface area contributed by atoms with Gasteiger partial charge in [0.2, 0.25) is 0 Å². The molecule has 1 aromatic rings. The third kappa shape index (κ3) is 3.08. The molecule has 2 nitrogen and oxygen atoms in total. The lowest BCUT2D eigenvalue weighted by Gasteiger charge is -2.35. The molecule has 0 bridgehead atoms. The fourth-order valence-electron chi connectivity index (χ4n) is 2.74. The van der Waals surface area contributed by atoms with E-state index in [0.29, 0.717) is 23.1 Å². The monoisotopic (exact) mass is 330 g/mol. The molecule has 2 fully saturated rings. The molecule has 0 spiro atoms. The summed E-state index contributed by atoms with van der Waals surface area (Å²) in [5, 5.41) is 3.55. The normalized spacial score (nSPS) is 23.7.